The van der Waals surface area contributed by atoms with Gasteiger partial charge in [-0.2, -0.15) is 0 Å². The monoisotopic (exact) mass is 258 g/mol. The minimum absolute atomic E-state index is 0. The predicted octanol–water partition coefficient (Wildman–Crippen LogP) is -1.27. The van der Waals surface area contributed by atoms with Crippen molar-refractivity contribution in [1.29, 1.82) is 0 Å². The van der Waals surface area contributed by atoms with Gasteiger partial charge in [0.25, 0.3) is 0 Å². The Hall–Kier alpha value is 0.126. The topological polar surface area (TPSA) is 60.4 Å². The van der Waals surface area contributed by atoms with E-state index in [1.165, 1.54) is 6.07 Å². The molecule has 1 N–H and O–H groups in total. The maximum absolute atomic E-state index is 10.9. The van der Waals surface area contributed by atoms with Crippen LogP contribution in [0.1, 0.15) is 53.1 Å². The molecule has 1 aliphatic rings. The predicted molar refractivity (Wildman–Crippen MR) is 58.4 cm³/mol. The average molecular weight is 258 g/mol. The van der Waals surface area contributed by atoms with Crippen LogP contribution in [0.15, 0.2) is 12.1 Å². The van der Waals surface area contributed by atoms with Crippen molar-refractivity contribution >= 4 is 5.97 Å². The van der Waals surface area contributed by atoms with Crippen LogP contribution < -0.4 is 56.5 Å². The van der Waals surface area contributed by atoms with Gasteiger partial charge in [0.1, 0.15) is 5.75 Å². The summed E-state index contributed by atoms with van der Waals surface area (Å²) in [6.45, 7) is 1.67. The number of carbonyl (C=O) groups excluding carboxylic acids is 1. The van der Waals surface area contributed by atoms with Crippen molar-refractivity contribution in [3.05, 3.63) is 28.8 Å². The van der Waals surface area contributed by atoms with E-state index in [9.17, 15) is 15.0 Å². The van der Waals surface area contributed by atoms with E-state index in [2.05, 4.69) is 0 Å². The first-order chi connectivity index (χ1) is 7.59. The zero-order chi connectivity index (χ0) is 11.7. The molecule has 0 unspecified atom stereocenters. The van der Waals surface area contributed by atoms with E-state index < -0.39 is 5.97 Å². The Bertz CT molecular complexity index is 423. The van der Waals surface area contributed by atoms with Gasteiger partial charge in [-0.1, -0.05) is 12.8 Å². The first kappa shape index (κ1) is 15.2. The molecule has 0 heterocycles. The summed E-state index contributed by atoms with van der Waals surface area (Å²) in [6, 6.07) is 3.11. The second-order valence-electron chi connectivity index (χ2n) is 4.49. The Kier molecular flexibility index (Phi) is 5.66. The molecule has 1 fully saturated rings. The van der Waals surface area contributed by atoms with Gasteiger partial charge in [-0.25, -0.2) is 0 Å². The van der Waals surface area contributed by atoms with Crippen LogP contribution in [0, 0.1) is 6.92 Å². The quantitative estimate of drug-likeness (QED) is 0.673. The molecule has 0 bridgehead atoms. The Labute approximate surface area is 144 Å². The molecule has 2 rings (SSSR count). The van der Waals surface area contributed by atoms with Gasteiger partial charge < -0.3 is 15.0 Å². The summed E-state index contributed by atoms with van der Waals surface area (Å²) in [5.74, 6) is -0.648. The van der Waals surface area contributed by atoms with E-state index in [-0.39, 0.29) is 62.7 Å². The fourth-order valence-corrected chi connectivity index (χ4v) is 2.49. The first-order valence-electron chi connectivity index (χ1n) is 5.64. The fourth-order valence-electron chi connectivity index (χ4n) is 2.49. The number of aromatic hydroxyl groups is 1. The number of rotatable bonds is 2. The van der Waals surface area contributed by atoms with Crippen LogP contribution in [0.25, 0.3) is 0 Å². The number of aryl methyl sites for hydroxylation is 1. The van der Waals surface area contributed by atoms with Crippen LogP contribution >= 0.6 is 0 Å². The van der Waals surface area contributed by atoms with Gasteiger partial charge in [0.2, 0.25) is 0 Å². The van der Waals surface area contributed by atoms with Crippen molar-refractivity contribution in [3.8, 4) is 5.75 Å². The third-order valence-electron chi connectivity index (χ3n) is 3.39. The number of benzene rings is 1. The zero-order valence-corrected chi connectivity index (χ0v) is 13.4. The van der Waals surface area contributed by atoms with Gasteiger partial charge in [0.15, 0.2) is 0 Å². The summed E-state index contributed by atoms with van der Waals surface area (Å²) in [4.78, 5) is 10.9. The van der Waals surface area contributed by atoms with Crippen molar-refractivity contribution < 1.29 is 66.4 Å². The Morgan fingerprint density at radius 3 is 2.47 bits per heavy atom. The molecular formula is C13H15KO3. The number of aromatic carboxylic acids is 1. The zero-order valence-electron chi connectivity index (χ0n) is 10.3. The van der Waals surface area contributed by atoms with Crippen LogP contribution in [0.3, 0.4) is 0 Å². The second-order valence-corrected chi connectivity index (χ2v) is 4.49. The molecule has 86 valence electrons. The summed E-state index contributed by atoms with van der Waals surface area (Å²) in [5, 5.41) is 20.8. The molecule has 1 aromatic rings. The van der Waals surface area contributed by atoms with Crippen LogP contribution in [0.2, 0.25) is 0 Å². The molecule has 0 aliphatic heterocycles. The normalized spacial score (nSPS) is 15.6. The van der Waals surface area contributed by atoms with E-state index in [0.717, 1.165) is 31.2 Å². The van der Waals surface area contributed by atoms with Gasteiger partial charge in [0.05, 0.1) is 5.97 Å². The van der Waals surface area contributed by atoms with Gasteiger partial charge in [-0.3, -0.25) is 0 Å². The Morgan fingerprint density at radius 2 is 1.94 bits per heavy atom. The van der Waals surface area contributed by atoms with Crippen molar-refractivity contribution in [3.63, 3.8) is 0 Å². The molecule has 0 saturated heterocycles. The maximum Gasteiger partial charge on any atom is 1.00 e. The number of carbonyl (C=O) groups is 1. The van der Waals surface area contributed by atoms with Gasteiger partial charge in [0, 0.05) is 5.56 Å². The van der Waals surface area contributed by atoms with Crippen LogP contribution in [0.5, 0.6) is 5.75 Å². The standard InChI is InChI=1S/C13H16O3.K/c1-8-6-12(14)11(7-10(8)13(15)16)9-4-2-3-5-9;/h6-7,9,14H,2-5H2,1H3,(H,15,16);/q;+1/p-1. The van der Waals surface area contributed by atoms with Crippen LogP contribution in [0.4, 0.5) is 0 Å². The molecular weight excluding hydrogens is 243 g/mol. The number of carboxylic acids is 1. The van der Waals surface area contributed by atoms with Crippen LogP contribution in [-0.2, 0) is 0 Å². The minimum Gasteiger partial charge on any atom is -0.545 e. The van der Waals surface area contributed by atoms with E-state index >= 15 is 0 Å². The number of carboxylic acid groups (broad SMARTS) is 1. The molecule has 1 aromatic carbocycles. The molecule has 0 spiro atoms. The van der Waals surface area contributed by atoms with Gasteiger partial charge in [-0.15, -0.1) is 0 Å². The molecule has 0 amide bonds. The summed E-state index contributed by atoms with van der Waals surface area (Å²) in [6.07, 6.45) is 4.36. The second kappa shape index (κ2) is 6.34. The average Bonchev–Trinajstić information content (AvgIpc) is 2.70. The third kappa shape index (κ3) is 3.32. The van der Waals surface area contributed by atoms with E-state index in [1.54, 1.807) is 13.0 Å². The molecule has 17 heavy (non-hydrogen) atoms. The van der Waals surface area contributed by atoms with Crippen molar-refractivity contribution in [2.45, 2.75) is 38.5 Å². The summed E-state index contributed by atoms with van der Waals surface area (Å²) in [5.41, 5.74) is 1.52. The summed E-state index contributed by atoms with van der Waals surface area (Å²) >= 11 is 0. The molecule has 0 radical (unpaired) electrons. The van der Waals surface area contributed by atoms with Crippen molar-refractivity contribution in [1.82, 2.24) is 0 Å². The molecule has 3 nitrogen and oxygen atoms in total. The number of phenols is 1. The fraction of sp³-hybridized carbons (Fsp3) is 0.462. The minimum atomic E-state index is -1.17. The SMILES string of the molecule is Cc1cc(O)c(C2CCCC2)cc1C(=O)[O-].[K+]. The molecule has 1 aliphatic carbocycles. The largest absolute Gasteiger partial charge is 1.00 e. The van der Waals surface area contributed by atoms with E-state index in [0.29, 0.717) is 11.5 Å². The molecule has 0 atom stereocenters. The Balaban J connectivity index is 0.00000144. The maximum atomic E-state index is 10.9. The van der Waals surface area contributed by atoms with Gasteiger partial charge >= 0.3 is 51.4 Å². The third-order valence-corrected chi connectivity index (χ3v) is 3.39. The number of hydrogen-bond acceptors (Lipinski definition) is 3. The molecule has 0 aromatic heterocycles. The van der Waals surface area contributed by atoms with Crippen molar-refractivity contribution in [2.24, 2.45) is 0 Å². The Morgan fingerprint density at radius 1 is 1.35 bits per heavy atom. The number of phenolic OH excluding ortho intramolecular Hbond substituents is 1. The molecule has 1 saturated carbocycles. The first-order valence-corrected chi connectivity index (χ1v) is 5.64. The van der Waals surface area contributed by atoms with Gasteiger partial charge in [-0.05, 0) is 48.9 Å². The van der Waals surface area contributed by atoms with Crippen LogP contribution in [-0.4, -0.2) is 11.1 Å². The number of hydrogen-bond donors (Lipinski definition) is 1. The molecule has 4 heteroatoms. The smallest absolute Gasteiger partial charge is 0.545 e. The van der Waals surface area contributed by atoms with E-state index in [4.69, 9.17) is 0 Å². The van der Waals surface area contributed by atoms with Crippen molar-refractivity contribution in [2.75, 3.05) is 0 Å². The van der Waals surface area contributed by atoms with E-state index in [1.807, 2.05) is 0 Å². The summed E-state index contributed by atoms with van der Waals surface area (Å²) < 4.78 is 0. The summed E-state index contributed by atoms with van der Waals surface area (Å²) in [7, 11) is 0.